The van der Waals surface area contributed by atoms with Crippen molar-refractivity contribution in [2.45, 2.75) is 20.0 Å². The molecule has 0 aliphatic rings. The van der Waals surface area contributed by atoms with Crippen molar-refractivity contribution in [3.63, 3.8) is 0 Å². The summed E-state index contributed by atoms with van der Waals surface area (Å²) < 4.78 is 5.61. The number of carboxylic acid groups (broad SMARTS) is 1. The summed E-state index contributed by atoms with van der Waals surface area (Å²) in [6.45, 7) is 3.91. The van der Waals surface area contributed by atoms with E-state index in [1.54, 1.807) is 12.1 Å². The average molecular weight is 288 g/mol. The second-order valence-electron chi connectivity index (χ2n) is 4.58. The summed E-state index contributed by atoms with van der Waals surface area (Å²) in [6.07, 6.45) is 1.76. The molecule has 0 aliphatic carbocycles. The molecule has 0 radical (unpaired) electrons. The fraction of sp³-hybridized carbons (Fsp3) is 0.188. The van der Waals surface area contributed by atoms with Crippen LogP contribution in [-0.4, -0.2) is 17.2 Å². The number of ether oxygens (including phenoxy) is 1. The predicted octanol–water partition coefficient (Wildman–Crippen LogP) is 4.16. The SMILES string of the molecule is CC(C)Oc1cccc(C=C(C(=O)O)c2cccs2)c1. The number of aliphatic carboxylic acids is 1. The summed E-state index contributed by atoms with van der Waals surface area (Å²) in [6, 6.07) is 11.1. The Morgan fingerprint density at radius 2 is 2.10 bits per heavy atom. The first-order chi connectivity index (χ1) is 9.56. The third-order valence-electron chi connectivity index (χ3n) is 2.56. The molecule has 3 nitrogen and oxygen atoms in total. The lowest BCUT2D eigenvalue weighted by Crippen LogP contribution is -2.05. The molecule has 0 fully saturated rings. The quantitative estimate of drug-likeness (QED) is 0.840. The highest BCUT2D eigenvalue weighted by Crippen LogP contribution is 2.24. The monoisotopic (exact) mass is 288 g/mol. The van der Waals surface area contributed by atoms with Gasteiger partial charge in [-0.1, -0.05) is 18.2 Å². The van der Waals surface area contributed by atoms with Crippen LogP contribution in [0.5, 0.6) is 5.75 Å². The van der Waals surface area contributed by atoms with Crippen molar-refractivity contribution in [2.24, 2.45) is 0 Å². The third-order valence-corrected chi connectivity index (χ3v) is 3.46. The van der Waals surface area contributed by atoms with Crippen LogP contribution in [0.15, 0.2) is 41.8 Å². The normalized spacial score (nSPS) is 11.7. The van der Waals surface area contributed by atoms with E-state index in [2.05, 4.69) is 0 Å². The number of hydrogen-bond donors (Lipinski definition) is 1. The second-order valence-corrected chi connectivity index (χ2v) is 5.53. The van der Waals surface area contributed by atoms with Crippen LogP contribution in [0.3, 0.4) is 0 Å². The molecule has 0 spiro atoms. The zero-order valence-electron chi connectivity index (χ0n) is 11.4. The molecular formula is C16H16O3S. The first kappa shape index (κ1) is 14.3. The Balaban J connectivity index is 2.34. The van der Waals surface area contributed by atoms with E-state index in [4.69, 9.17) is 4.74 Å². The molecule has 1 N–H and O–H groups in total. The van der Waals surface area contributed by atoms with Gasteiger partial charge in [-0.25, -0.2) is 4.79 Å². The van der Waals surface area contributed by atoms with Gasteiger partial charge in [-0.15, -0.1) is 11.3 Å². The van der Waals surface area contributed by atoms with Crippen molar-refractivity contribution >= 4 is 29.0 Å². The fourth-order valence-electron chi connectivity index (χ4n) is 1.79. The van der Waals surface area contributed by atoms with Crippen LogP contribution in [0, 0.1) is 0 Å². The molecular weight excluding hydrogens is 272 g/mol. The van der Waals surface area contributed by atoms with Crippen LogP contribution in [0.25, 0.3) is 11.6 Å². The Kier molecular flexibility index (Phi) is 4.58. The number of carboxylic acids is 1. The van der Waals surface area contributed by atoms with Crippen LogP contribution in [0.1, 0.15) is 24.3 Å². The standard InChI is InChI=1S/C16H16O3S/c1-11(2)19-13-6-3-5-12(9-13)10-14(16(17)18)15-7-4-8-20-15/h3-11H,1-2H3,(H,17,18). The Hall–Kier alpha value is -2.07. The highest BCUT2D eigenvalue weighted by atomic mass is 32.1. The van der Waals surface area contributed by atoms with Crippen molar-refractivity contribution in [1.29, 1.82) is 0 Å². The number of carbonyl (C=O) groups is 1. The van der Waals surface area contributed by atoms with E-state index >= 15 is 0 Å². The zero-order chi connectivity index (χ0) is 14.5. The highest BCUT2D eigenvalue weighted by Gasteiger charge is 2.11. The summed E-state index contributed by atoms with van der Waals surface area (Å²) in [4.78, 5) is 12.1. The van der Waals surface area contributed by atoms with E-state index in [-0.39, 0.29) is 6.10 Å². The smallest absolute Gasteiger partial charge is 0.337 e. The van der Waals surface area contributed by atoms with Gasteiger partial charge in [0, 0.05) is 4.88 Å². The van der Waals surface area contributed by atoms with E-state index in [1.165, 1.54) is 11.3 Å². The molecule has 4 heteroatoms. The van der Waals surface area contributed by atoms with Gasteiger partial charge in [-0.3, -0.25) is 0 Å². The largest absolute Gasteiger partial charge is 0.491 e. The molecule has 0 bridgehead atoms. The molecule has 0 saturated carbocycles. The lowest BCUT2D eigenvalue weighted by atomic mass is 10.1. The number of thiophene rings is 1. The highest BCUT2D eigenvalue weighted by molar-refractivity contribution is 7.11. The Bertz CT molecular complexity index is 612. The van der Waals surface area contributed by atoms with Gasteiger partial charge >= 0.3 is 5.97 Å². The predicted molar refractivity (Wildman–Crippen MR) is 82.0 cm³/mol. The summed E-state index contributed by atoms with van der Waals surface area (Å²) in [7, 11) is 0. The first-order valence-corrected chi connectivity index (χ1v) is 7.20. The van der Waals surface area contributed by atoms with Gasteiger partial charge in [-0.2, -0.15) is 0 Å². The Labute approximate surface area is 122 Å². The molecule has 0 unspecified atom stereocenters. The lowest BCUT2D eigenvalue weighted by molar-refractivity contribution is -0.130. The summed E-state index contributed by atoms with van der Waals surface area (Å²) in [5.74, 6) is -0.188. The minimum atomic E-state index is -0.928. The first-order valence-electron chi connectivity index (χ1n) is 6.32. The van der Waals surface area contributed by atoms with Gasteiger partial charge in [0.2, 0.25) is 0 Å². The van der Waals surface area contributed by atoms with Gasteiger partial charge in [0.15, 0.2) is 0 Å². The molecule has 0 saturated heterocycles. The fourth-order valence-corrected chi connectivity index (χ4v) is 2.52. The van der Waals surface area contributed by atoms with E-state index in [0.29, 0.717) is 5.57 Å². The Morgan fingerprint density at radius 3 is 2.70 bits per heavy atom. The summed E-state index contributed by atoms with van der Waals surface area (Å²) in [5.41, 5.74) is 1.11. The minimum absolute atomic E-state index is 0.0884. The minimum Gasteiger partial charge on any atom is -0.491 e. The number of rotatable bonds is 5. The van der Waals surface area contributed by atoms with Gasteiger partial charge in [0.05, 0.1) is 11.7 Å². The van der Waals surface area contributed by atoms with Gasteiger partial charge in [-0.05, 0) is 49.1 Å². The van der Waals surface area contributed by atoms with Gasteiger partial charge < -0.3 is 9.84 Å². The summed E-state index contributed by atoms with van der Waals surface area (Å²) >= 11 is 1.41. The van der Waals surface area contributed by atoms with E-state index in [1.807, 2.05) is 49.6 Å². The Morgan fingerprint density at radius 1 is 1.30 bits per heavy atom. The maximum absolute atomic E-state index is 11.4. The summed E-state index contributed by atoms with van der Waals surface area (Å²) in [5, 5.41) is 11.2. The van der Waals surface area contributed by atoms with Crippen molar-refractivity contribution in [3.8, 4) is 5.75 Å². The molecule has 1 aromatic heterocycles. The topological polar surface area (TPSA) is 46.5 Å². The third kappa shape index (κ3) is 3.71. The van der Waals surface area contributed by atoms with Crippen LogP contribution >= 0.6 is 11.3 Å². The van der Waals surface area contributed by atoms with Crippen molar-refractivity contribution < 1.29 is 14.6 Å². The van der Waals surface area contributed by atoms with E-state index < -0.39 is 5.97 Å². The van der Waals surface area contributed by atoms with Gasteiger partial charge in [0.25, 0.3) is 0 Å². The maximum Gasteiger partial charge on any atom is 0.337 e. The van der Waals surface area contributed by atoms with Crippen LogP contribution in [0.2, 0.25) is 0 Å². The van der Waals surface area contributed by atoms with Crippen LogP contribution in [0.4, 0.5) is 0 Å². The molecule has 0 amide bonds. The lowest BCUT2D eigenvalue weighted by Gasteiger charge is -2.10. The van der Waals surface area contributed by atoms with Crippen molar-refractivity contribution in [1.82, 2.24) is 0 Å². The van der Waals surface area contributed by atoms with Crippen LogP contribution < -0.4 is 4.74 Å². The molecule has 20 heavy (non-hydrogen) atoms. The maximum atomic E-state index is 11.4. The van der Waals surface area contributed by atoms with Crippen molar-refractivity contribution in [3.05, 3.63) is 52.2 Å². The van der Waals surface area contributed by atoms with Gasteiger partial charge in [0.1, 0.15) is 5.75 Å². The molecule has 0 atom stereocenters. The molecule has 1 heterocycles. The molecule has 2 rings (SSSR count). The molecule has 0 aliphatic heterocycles. The number of hydrogen-bond acceptors (Lipinski definition) is 3. The van der Waals surface area contributed by atoms with E-state index in [0.717, 1.165) is 16.2 Å². The zero-order valence-corrected chi connectivity index (χ0v) is 12.2. The average Bonchev–Trinajstić information content (AvgIpc) is 2.88. The van der Waals surface area contributed by atoms with E-state index in [9.17, 15) is 9.90 Å². The molecule has 104 valence electrons. The number of benzene rings is 1. The molecule has 1 aromatic carbocycles. The molecule has 2 aromatic rings. The van der Waals surface area contributed by atoms with Crippen LogP contribution in [-0.2, 0) is 4.79 Å². The van der Waals surface area contributed by atoms with Crippen molar-refractivity contribution in [2.75, 3.05) is 0 Å². The second kappa shape index (κ2) is 6.39.